The van der Waals surface area contributed by atoms with Crippen LogP contribution in [0.15, 0.2) is 12.1 Å². The van der Waals surface area contributed by atoms with Crippen LogP contribution in [0.25, 0.3) is 22.2 Å². The van der Waals surface area contributed by atoms with Crippen molar-refractivity contribution in [3.05, 3.63) is 28.5 Å². The van der Waals surface area contributed by atoms with Gasteiger partial charge in [0.1, 0.15) is 53.1 Å². The second-order valence-corrected chi connectivity index (χ2v) is 12.6. The standard InChI is InChI=1S/C29H30ClF2N5O4/c1-36-25-21-24(34-27(35-25)41-13-28-5-2-6-37(28)10-16(31)9-28)22(32)23(33-26(21)40-14-29(36)11-39-12-29)18-7-17(38)8-19(30)20(18)15-3-4-15/h7-8,15-16,38H,2-6,9-14H2,1H3/t16-,28+/m1/s1. The number of pyridine rings is 1. The Balaban J connectivity index is 1.29. The van der Waals surface area contributed by atoms with Crippen LogP contribution in [0, 0.1) is 5.82 Å². The van der Waals surface area contributed by atoms with Crippen molar-refractivity contribution in [3.63, 3.8) is 0 Å². The van der Waals surface area contributed by atoms with Crippen LogP contribution in [-0.4, -0.2) is 88.8 Å². The van der Waals surface area contributed by atoms with Crippen LogP contribution in [0.4, 0.5) is 14.6 Å². The van der Waals surface area contributed by atoms with E-state index in [1.165, 1.54) is 12.1 Å². The molecule has 0 radical (unpaired) electrons. The van der Waals surface area contributed by atoms with Gasteiger partial charge in [-0.2, -0.15) is 9.97 Å². The zero-order chi connectivity index (χ0) is 28.1. The minimum absolute atomic E-state index is 0.00267. The predicted molar refractivity (Wildman–Crippen MR) is 147 cm³/mol. The maximum absolute atomic E-state index is 16.6. The third-order valence-corrected chi connectivity index (χ3v) is 9.86. The molecule has 3 aromatic rings. The molecule has 1 aromatic carbocycles. The molecule has 1 aliphatic carbocycles. The molecule has 4 fully saturated rings. The smallest absolute Gasteiger partial charge is 0.319 e. The van der Waals surface area contributed by atoms with E-state index in [0.717, 1.165) is 37.8 Å². The van der Waals surface area contributed by atoms with Gasteiger partial charge in [-0.15, -0.1) is 0 Å². The number of alkyl halides is 1. The Hall–Kier alpha value is -3.02. The molecular formula is C29H30ClF2N5O4. The first-order valence-electron chi connectivity index (χ1n) is 14.2. The van der Waals surface area contributed by atoms with Crippen molar-refractivity contribution in [2.75, 3.05) is 51.5 Å². The molecule has 9 nitrogen and oxygen atoms in total. The molecule has 41 heavy (non-hydrogen) atoms. The third-order valence-electron chi connectivity index (χ3n) is 9.55. The fourth-order valence-corrected chi connectivity index (χ4v) is 7.43. The highest BCUT2D eigenvalue weighted by Crippen LogP contribution is 2.51. The van der Waals surface area contributed by atoms with E-state index >= 15 is 4.39 Å². The Bertz CT molecular complexity index is 1590. The number of fused-ring (bicyclic) bond motifs is 1. The number of halogens is 3. The topological polar surface area (TPSA) is 93.1 Å². The van der Waals surface area contributed by atoms with Crippen LogP contribution in [0.5, 0.6) is 17.6 Å². The molecule has 4 aliphatic heterocycles. The van der Waals surface area contributed by atoms with Crippen molar-refractivity contribution < 1.29 is 28.1 Å². The second kappa shape index (κ2) is 8.99. The quantitative estimate of drug-likeness (QED) is 0.460. The van der Waals surface area contributed by atoms with Crippen LogP contribution < -0.4 is 14.4 Å². The number of aromatic nitrogens is 3. The average molecular weight is 586 g/mol. The molecule has 216 valence electrons. The molecular weight excluding hydrogens is 556 g/mol. The van der Waals surface area contributed by atoms with Crippen molar-refractivity contribution in [1.82, 2.24) is 19.9 Å². The second-order valence-electron chi connectivity index (χ2n) is 12.2. The molecule has 2 atom stereocenters. The largest absolute Gasteiger partial charge is 0.508 e. The van der Waals surface area contributed by atoms with E-state index < -0.39 is 23.1 Å². The van der Waals surface area contributed by atoms with E-state index in [1.807, 2.05) is 11.9 Å². The molecule has 0 bridgehead atoms. The molecule has 0 amide bonds. The van der Waals surface area contributed by atoms with E-state index in [-0.39, 0.29) is 48.0 Å². The Labute approximate surface area is 240 Å². The van der Waals surface area contributed by atoms with Gasteiger partial charge in [0.25, 0.3) is 0 Å². The van der Waals surface area contributed by atoms with E-state index in [4.69, 9.17) is 30.8 Å². The zero-order valence-corrected chi connectivity index (χ0v) is 23.4. The number of ether oxygens (including phenoxy) is 3. The zero-order valence-electron chi connectivity index (χ0n) is 22.6. The third kappa shape index (κ3) is 3.88. The summed E-state index contributed by atoms with van der Waals surface area (Å²) in [6.45, 7) is 2.54. The number of phenolic OH excluding ortho intramolecular Hbond substituents is 1. The number of likely N-dealkylation sites (N-methyl/N-ethyl adjacent to an activating group) is 1. The average Bonchev–Trinajstić information content (AvgIpc) is 3.62. The van der Waals surface area contributed by atoms with Crippen molar-refractivity contribution in [2.24, 2.45) is 0 Å². The minimum atomic E-state index is -0.897. The number of anilines is 1. The van der Waals surface area contributed by atoms with Gasteiger partial charge in [0.2, 0.25) is 5.88 Å². The number of aromatic hydroxyl groups is 1. The summed E-state index contributed by atoms with van der Waals surface area (Å²) in [6, 6.07) is 2.98. The summed E-state index contributed by atoms with van der Waals surface area (Å²) in [7, 11) is 1.88. The van der Waals surface area contributed by atoms with Crippen molar-refractivity contribution in [2.45, 2.75) is 55.3 Å². The predicted octanol–water partition coefficient (Wildman–Crippen LogP) is 4.62. The van der Waals surface area contributed by atoms with Gasteiger partial charge in [0, 0.05) is 30.6 Å². The van der Waals surface area contributed by atoms with E-state index in [9.17, 15) is 9.50 Å². The first kappa shape index (κ1) is 25.7. The normalized spacial score (nSPS) is 26.6. The summed E-state index contributed by atoms with van der Waals surface area (Å²) in [5, 5.41) is 11.1. The number of hydrogen-bond acceptors (Lipinski definition) is 9. The molecule has 1 N–H and O–H groups in total. The van der Waals surface area contributed by atoms with Crippen LogP contribution in [0.3, 0.4) is 0 Å². The van der Waals surface area contributed by atoms with Gasteiger partial charge < -0.3 is 24.2 Å². The lowest BCUT2D eigenvalue weighted by Crippen LogP contribution is -2.64. The van der Waals surface area contributed by atoms with Gasteiger partial charge >= 0.3 is 6.01 Å². The highest BCUT2D eigenvalue weighted by Gasteiger charge is 2.50. The van der Waals surface area contributed by atoms with Crippen molar-refractivity contribution in [3.8, 4) is 28.9 Å². The lowest BCUT2D eigenvalue weighted by atomic mass is 9.95. The van der Waals surface area contributed by atoms with E-state index in [1.54, 1.807) is 0 Å². The SMILES string of the molecule is CN1c2nc(OC[C@@]34CCCN3C[C@H](F)C4)nc3c(F)c(-c4cc(O)cc(Cl)c4C4CC4)nc(c23)OCC12COC2. The molecule has 2 aromatic heterocycles. The number of hydrogen-bond donors (Lipinski definition) is 1. The molecule has 1 spiro atoms. The Morgan fingerprint density at radius 1 is 1.20 bits per heavy atom. The maximum Gasteiger partial charge on any atom is 0.319 e. The first-order chi connectivity index (χ1) is 19.8. The summed E-state index contributed by atoms with van der Waals surface area (Å²) in [5.74, 6) is 0.0418. The summed E-state index contributed by atoms with van der Waals surface area (Å²) in [6.07, 6.45) is 3.16. The maximum atomic E-state index is 16.6. The van der Waals surface area contributed by atoms with Crippen molar-refractivity contribution in [1.29, 1.82) is 0 Å². The van der Waals surface area contributed by atoms with Crippen LogP contribution in [0.2, 0.25) is 5.02 Å². The summed E-state index contributed by atoms with van der Waals surface area (Å²) >= 11 is 6.55. The Morgan fingerprint density at radius 2 is 2.02 bits per heavy atom. The molecule has 3 saturated heterocycles. The van der Waals surface area contributed by atoms with E-state index in [0.29, 0.717) is 48.0 Å². The highest BCUT2D eigenvalue weighted by molar-refractivity contribution is 6.32. The molecule has 1 saturated carbocycles. The fraction of sp³-hybridized carbons (Fsp3) is 0.552. The van der Waals surface area contributed by atoms with Crippen molar-refractivity contribution >= 4 is 28.3 Å². The Morgan fingerprint density at radius 3 is 2.78 bits per heavy atom. The summed E-state index contributed by atoms with van der Waals surface area (Å²) in [4.78, 5) is 18.1. The molecule has 0 unspecified atom stereocenters. The van der Waals surface area contributed by atoms with Gasteiger partial charge in [-0.3, -0.25) is 4.90 Å². The number of rotatable bonds is 5. The molecule has 6 heterocycles. The molecule has 12 heteroatoms. The lowest BCUT2D eigenvalue weighted by molar-refractivity contribution is -0.0736. The lowest BCUT2D eigenvalue weighted by Gasteiger charge is -2.46. The van der Waals surface area contributed by atoms with Crippen LogP contribution in [-0.2, 0) is 4.74 Å². The van der Waals surface area contributed by atoms with Gasteiger partial charge in [-0.25, -0.2) is 13.8 Å². The van der Waals surface area contributed by atoms with Gasteiger partial charge in [0.05, 0.1) is 18.8 Å². The van der Waals surface area contributed by atoms with Crippen LogP contribution >= 0.6 is 11.6 Å². The number of benzene rings is 1. The minimum Gasteiger partial charge on any atom is -0.508 e. The molecule has 5 aliphatic rings. The van der Waals surface area contributed by atoms with E-state index in [2.05, 4.69) is 14.9 Å². The fourth-order valence-electron chi connectivity index (χ4n) is 7.07. The van der Waals surface area contributed by atoms with Crippen LogP contribution in [0.1, 0.15) is 43.6 Å². The number of phenols is 1. The van der Waals surface area contributed by atoms with Gasteiger partial charge in [0.15, 0.2) is 5.82 Å². The van der Waals surface area contributed by atoms with Gasteiger partial charge in [-0.05, 0) is 55.8 Å². The Kier molecular flexibility index (Phi) is 5.63. The number of nitrogens with zero attached hydrogens (tertiary/aromatic N) is 5. The highest BCUT2D eigenvalue weighted by atomic mass is 35.5. The first-order valence-corrected chi connectivity index (χ1v) is 14.6. The summed E-state index contributed by atoms with van der Waals surface area (Å²) in [5.41, 5.74) is 0.268. The monoisotopic (exact) mass is 585 g/mol. The van der Waals surface area contributed by atoms with Gasteiger partial charge in [-0.1, -0.05) is 11.6 Å². The molecule has 8 rings (SSSR count). The summed E-state index contributed by atoms with van der Waals surface area (Å²) < 4.78 is 49.0.